The van der Waals surface area contributed by atoms with Crippen LogP contribution in [0.25, 0.3) is 34.4 Å². The van der Waals surface area contributed by atoms with Crippen molar-refractivity contribution in [1.82, 2.24) is 29.1 Å². The van der Waals surface area contributed by atoms with E-state index in [1.54, 1.807) is 0 Å². The van der Waals surface area contributed by atoms with Crippen LogP contribution in [0.1, 0.15) is 50.5 Å². The van der Waals surface area contributed by atoms with Gasteiger partial charge in [-0.3, -0.25) is 0 Å². The van der Waals surface area contributed by atoms with Gasteiger partial charge in [0.05, 0.1) is 11.4 Å². The van der Waals surface area contributed by atoms with Crippen LogP contribution < -0.4 is 9.97 Å². The largest absolute Gasteiger partial charge is 2.00 e. The molecule has 0 saturated carbocycles. The number of hydrogen-bond donors (Lipinski definition) is 0. The second-order valence-electron chi connectivity index (χ2n) is 11.0. The minimum absolute atomic E-state index is 0. The van der Waals surface area contributed by atoms with Crippen molar-refractivity contribution in [3.05, 3.63) is 120 Å². The minimum atomic E-state index is -0.432. The molecule has 0 unspecified atom stereocenters. The van der Waals surface area contributed by atoms with E-state index in [0.29, 0.717) is 0 Å². The van der Waals surface area contributed by atoms with Gasteiger partial charge in [-0.1, -0.05) is 99.7 Å². The number of fused-ring (bicyclic) bond motifs is 10. The molecule has 1 aliphatic heterocycles. The molecule has 0 amide bonds. The molecule has 6 nitrogen and oxygen atoms in total. The molecule has 5 heterocycles. The fourth-order valence-corrected chi connectivity index (χ4v) is 5.23. The first kappa shape index (κ1) is 25.4. The molecule has 0 saturated heterocycles. The van der Waals surface area contributed by atoms with Crippen molar-refractivity contribution in [3.8, 4) is 34.4 Å². The van der Waals surface area contributed by atoms with Crippen LogP contribution in [0, 0.1) is 0 Å². The fourth-order valence-electron chi connectivity index (χ4n) is 5.23. The molecule has 7 rings (SSSR count). The molecule has 6 aromatic rings. The summed E-state index contributed by atoms with van der Waals surface area (Å²) in [7, 11) is 0. The first-order valence-corrected chi connectivity index (χ1v) is 12.9. The summed E-state index contributed by atoms with van der Waals surface area (Å²) in [6, 6.07) is 29.0. The number of imidazole rings is 2. The Kier molecular flexibility index (Phi) is 5.92. The zero-order valence-electron chi connectivity index (χ0n) is 22.2. The summed E-state index contributed by atoms with van der Waals surface area (Å²) in [6.07, 6.45) is 4.25. The van der Waals surface area contributed by atoms with Crippen LogP contribution in [0.2, 0.25) is 0 Å². The van der Waals surface area contributed by atoms with Gasteiger partial charge in [-0.15, -0.1) is 11.4 Å². The van der Waals surface area contributed by atoms with E-state index in [1.165, 1.54) is 0 Å². The first-order valence-electron chi connectivity index (χ1n) is 12.9. The van der Waals surface area contributed by atoms with Crippen LogP contribution in [0.5, 0.6) is 0 Å². The Labute approximate surface area is 242 Å². The van der Waals surface area contributed by atoms with Crippen LogP contribution in [0.15, 0.2) is 97.3 Å². The Morgan fingerprint density at radius 1 is 0.538 bits per heavy atom. The van der Waals surface area contributed by atoms with Crippen molar-refractivity contribution in [2.24, 2.45) is 0 Å². The molecule has 4 aromatic heterocycles. The summed E-state index contributed by atoms with van der Waals surface area (Å²) in [5, 5.41) is 0. The van der Waals surface area contributed by atoms with Crippen LogP contribution in [0.4, 0.5) is 0 Å². The summed E-state index contributed by atoms with van der Waals surface area (Å²) in [6.45, 7) is 8.70. The van der Waals surface area contributed by atoms with Crippen molar-refractivity contribution >= 4 is 0 Å². The number of nitrogens with zero attached hydrogens (tertiary/aromatic N) is 6. The molecular formula is C32H28N6Pt. The van der Waals surface area contributed by atoms with Gasteiger partial charge in [0.1, 0.15) is 11.6 Å². The fraction of sp³-hybridized carbons (Fsp3) is 0.188. The molecule has 8 bridgehead atoms. The topological polar surface area (TPSA) is 63.8 Å². The van der Waals surface area contributed by atoms with E-state index in [-0.39, 0.29) is 21.1 Å². The number of rotatable bonds is 2. The summed E-state index contributed by atoms with van der Waals surface area (Å²) < 4.78 is 4.28. The molecule has 2 aromatic carbocycles. The zero-order chi connectivity index (χ0) is 26.1. The van der Waals surface area contributed by atoms with E-state index in [2.05, 4.69) is 97.8 Å². The van der Waals surface area contributed by atoms with E-state index in [4.69, 9.17) is 19.9 Å². The van der Waals surface area contributed by atoms with E-state index in [1.807, 2.05) is 36.4 Å². The van der Waals surface area contributed by atoms with Gasteiger partial charge in [-0.05, 0) is 24.3 Å². The molecule has 1 aliphatic rings. The van der Waals surface area contributed by atoms with Gasteiger partial charge in [0.25, 0.3) is 0 Å². The number of benzene rings is 2. The second kappa shape index (κ2) is 9.10. The summed E-state index contributed by atoms with van der Waals surface area (Å²) in [4.78, 5) is 20.6. The van der Waals surface area contributed by atoms with Crippen molar-refractivity contribution in [1.29, 1.82) is 0 Å². The molecule has 0 fully saturated rings. The zero-order valence-corrected chi connectivity index (χ0v) is 24.5. The average molecular weight is 692 g/mol. The molecule has 0 aliphatic carbocycles. The molecular weight excluding hydrogens is 663 g/mol. The van der Waals surface area contributed by atoms with Gasteiger partial charge in [0.15, 0.2) is 0 Å². The maximum absolute atomic E-state index is 5.17. The molecule has 0 atom stereocenters. The summed E-state index contributed by atoms with van der Waals surface area (Å²) in [5.41, 5.74) is 6.70. The third-order valence-corrected chi connectivity index (χ3v) is 7.78. The van der Waals surface area contributed by atoms with E-state index >= 15 is 0 Å². The predicted molar refractivity (Wildman–Crippen MR) is 149 cm³/mol. The van der Waals surface area contributed by atoms with Gasteiger partial charge < -0.3 is 19.1 Å². The smallest absolute Gasteiger partial charge is 0.658 e. The maximum atomic E-state index is 5.17. The average Bonchev–Trinajstić information content (AvgIpc) is 3.73. The number of aromatic nitrogens is 6. The van der Waals surface area contributed by atoms with E-state index in [9.17, 15) is 0 Å². The van der Waals surface area contributed by atoms with Gasteiger partial charge in [0, 0.05) is 34.6 Å². The van der Waals surface area contributed by atoms with E-state index < -0.39 is 10.8 Å². The molecule has 0 radical (unpaired) electrons. The summed E-state index contributed by atoms with van der Waals surface area (Å²) in [5.74, 6) is 1.64. The second-order valence-corrected chi connectivity index (χ2v) is 11.0. The molecule has 0 spiro atoms. The summed E-state index contributed by atoms with van der Waals surface area (Å²) >= 11 is 0. The van der Waals surface area contributed by atoms with Crippen molar-refractivity contribution < 1.29 is 21.1 Å². The van der Waals surface area contributed by atoms with Crippen molar-refractivity contribution in [3.63, 3.8) is 0 Å². The van der Waals surface area contributed by atoms with Crippen LogP contribution in [-0.2, 0) is 31.9 Å². The maximum Gasteiger partial charge on any atom is 2.00 e. The first-order chi connectivity index (χ1) is 18.3. The van der Waals surface area contributed by atoms with Crippen LogP contribution in [0.3, 0.4) is 0 Å². The van der Waals surface area contributed by atoms with Gasteiger partial charge in [-0.2, -0.15) is 0 Å². The third kappa shape index (κ3) is 3.97. The molecule has 7 heteroatoms. The van der Waals surface area contributed by atoms with Crippen LogP contribution >= 0.6 is 0 Å². The molecule has 0 N–H and O–H groups in total. The van der Waals surface area contributed by atoms with E-state index in [0.717, 1.165) is 57.2 Å². The predicted octanol–water partition coefficient (Wildman–Crippen LogP) is 6.27. The van der Waals surface area contributed by atoms with Gasteiger partial charge >= 0.3 is 21.1 Å². The molecule has 39 heavy (non-hydrogen) atoms. The number of para-hydroxylation sites is 2. The van der Waals surface area contributed by atoms with Crippen molar-refractivity contribution in [2.75, 3.05) is 0 Å². The monoisotopic (exact) mass is 691 g/mol. The Bertz CT molecular complexity index is 1630. The Hall–Kier alpha value is -3.89. The third-order valence-electron chi connectivity index (χ3n) is 7.78. The Morgan fingerprint density at radius 3 is 1.31 bits per heavy atom. The quantitative estimate of drug-likeness (QED) is 0.215. The standard InChI is InChI=1S/C32H28N6.Pt/c1-31(2)25-17-15-23(33-25)30-36-28(20-38(30)22-13-9-6-10-14-22)32(3,4)26-18-16-24(34-26)29-35-27(31)19-37(29)21-11-7-5-8-12-21;/h5-20H,1-4H3;/q-2;+2. The van der Waals surface area contributed by atoms with Crippen LogP contribution in [-0.4, -0.2) is 19.1 Å². The number of hydrogen-bond acceptors (Lipinski definition) is 2. The Balaban J connectivity index is 0.00000277. The van der Waals surface area contributed by atoms with Gasteiger partial charge in [0.2, 0.25) is 0 Å². The van der Waals surface area contributed by atoms with Crippen molar-refractivity contribution in [2.45, 2.75) is 38.5 Å². The molecule has 196 valence electrons. The normalized spacial score (nSPS) is 14.9. The van der Waals surface area contributed by atoms with Gasteiger partial charge in [-0.25, -0.2) is 9.97 Å². The Morgan fingerprint density at radius 2 is 0.923 bits per heavy atom. The SMILES string of the molecule is CC1(C)c2cn(-c3ccccc3)c(n2)-c2ccc([n-]2)C(C)(C)c2cn(-c3ccccc3)c(n2)-c2ccc1[n-]2.[Pt+2]. The minimum Gasteiger partial charge on any atom is -0.658 e.